The van der Waals surface area contributed by atoms with Crippen LogP contribution in [0, 0.1) is 5.41 Å². The molecular formula is C27H46N4O7. The van der Waals surface area contributed by atoms with E-state index in [1.54, 1.807) is 4.90 Å². The molecule has 3 rings (SSSR count). The molecule has 0 spiro atoms. The van der Waals surface area contributed by atoms with Crippen molar-refractivity contribution < 1.29 is 33.4 Å². The monoisotopic (exact) mass is 538 g/mol. The van der Waals surface area contributed by atoms with Gasteiger partial charge in [0.05, 0.1) is 39.0 Å². The molecule has 11 heteroatoms. The van der Waals surface area contributed by atoms with E-state index in [2.05, 4.69) is 16.0 Å². The van der Waals surface area contributed by atoms with E-state index >= 15 is 0 Å². The number of Topliss-reactive ketones (excluding diaryl/α,β-unsaturated/α-hetero) is 1. The minimum atomic E-state index is -1.11. The van der Waals surface area contributed by atoms with Gasteiger partial charge >= 0.3 is 6.03 Å². The van der Waals surface area contributed by atoms with Gasteiger partial charge in [-0.2, -0.15) is 0 Å². The third-order valence-electron chi connectivity index (χ3n) is 7.86. The van der Waals surface area contributed by atoms with Gasteiger partial charge in [-0.25, -0.2) is 4.79 Å². The van der Waals surface area contributed by atoms with Crippen molar-refractivity contribution in [1.29, 1.82) is 0 Å². The highest BCUT2D eigenvalue weighted by atomic mass is 16.7. The maximum atomic E-state index is 13.7. The Kier molecular flexibility index (Phi) is 10.5. The number of rotatable bonds is 10. The molecule has 11 nitrogen and oxygen atoms in total. The summed E-state index contributed by atoms with van der Waals surface area (Å²) in [5, 5.41) is 8.53. The molecule has 2 saturated heterocycles. The Morgan fingerprint density at radius 1 is 0.947 bits per heavy atom. The van der Waals surface area contributed by atoms with Gasteiger partial charge in [0, 0.05) is 18.5 Å². The zero-order valence-corrected chi connectivity index (χ0v) is 23.5. The lowest BCUT2D eigenvalue weighted by Gasteiger charge is -2.40. The Morgan fingerprint density at radius 2 is 1.58 bits per heavy atom. The van der Waals surface area contributed by atoms with Crippen LogP contribution in [-0.4, -0.2) is 92.0 Å². The largest absolute Gasteiger partial charge is 0.378 e. The van der Waals surface area contributed by atoms with Crippen LogP contribution in [0.15, 0.2) is 0 Å². The van der Waals surface area contributed by atoms with Gasteiger partial charge in [0.25, 0.3) is 5.91 Å². The number of urea groups is 1. The van der Waals surface area contributed by atoms with Crippen molar-refractivity contribution in [3.05, 3.63) is 0 Å². The first-order valence-corrected chi connectivity index (χ1v) is 14.1. The summed E-state index contributed by atoms with van der Waals surface area (Å²) in [7, 11) is 0. The molecule has 1 aliphatic carbocycles. The summed E-state index contributed by atoms with van der Waals surface area (Å²) in [6.07, 6.45) is 5.32. The predicted molar refractivity (Wildman–Crippen MR) is 140 cm³/mol. The maximum absolute atomic E-state index is 13.7. The van der Waals surface area contributed by atoms with Crippen LogP contribution < -0.4 is 16.0 Å². The van der Waals surface area contributed by atoms with Crippen LogP contribution in [0.5, 0.6) is 0 Å². The molecule has 0 aromatic rings. The molecule has 0 radical (unpaired) electrons. The molecule has 0 aromatic heterocycles. The molecule has 0 bridgehead atoms. The van der Waals surface area contributed by atoms with Crippen LogP contribution in [-0.2, 0) is 28.6 Å². The first-order chi connectivity index (χ1) is 18.0. The van der Waals surface area contributed by atoms with Crippen LogP contribution in [0.4, 0.5) is 4.79 Å². The van der Waals surface area contributed by atoms with Crippen LogP contribution in [0.2, 0.25) is 0 Å². The quantitative estimate of drug-likeness (QED) is 0.362. The number of unbranched alkanes of at least 4 members (excludes halogenated alkanes) is 1. The number of morpholine rings is 1. The van der Waals surface area contributed by atoms with E-state index in [9.17, 15) is 19.2 Å². The van der Waals surface area contributed by atoms with Crippen molar-refractivity contribution in [3.8, 4) is 0 Å². The predicted octanol–water partition coefficient (Wildman–Crippen LogP) is 1.88. The van der Waals surface area contributed by atoms with Crippen molar-refractivity contribution in [2.75, 3.05) is 46.1 Å². The molecule has 216 valence electrons. The SMILES string of the molecule is CCCCC(NC(=O)C1(NC(=O)N2CCOCC2)CCCCC1)C(=O)C(=O)NCC1(C(C)(C)C)OCCO1. The lowest BCUT2D eigenvalue weighted by atomic mass is 9.80. The van der Waals surface area contributed by atoms with Gasteiger partial charge in [-0.15, -0.1) is 0 Å². The second kappa shape index (κ2) is 13.2. The Balaban J connectivity index is 1.69. The summed E-state index contributed by atoms with van der Waals surface area (Å²) in [6, 6.07) is -1.29. The molecule has 2 aliphatic heterocycles. The van der Waals surface area contributed by atoms with Crippen molar-refractivity contribution in [3.63, 3.8) is 0 Å². The standard InChI is InChI=1S/C27H46N4O7/c1-5-6-10-20(21(32)22(33)28-19-27(25(2,3)4)37-17-18-38-27)29-23(34)26(11-8-7-9-12-26)30-24(35)31-13-15-36-16-14-31/h20H,5-19H2,1-4H3,(H,28,33)(H,29,34)(H,30,35). The van der Waals surface area contributed by atoms with Crippen molar-refractivity contribution in [2.24, 2.45) is 5.41 Å². The molecule has 1 atom stereocenters. The van der Waals surface area contributed by atoms with Gasteiger partial charge in [-0.3, -0.25) is 14.4 Å². The fraction of sp³-hybridized carbons (Fsp3) is 0.852. The van der Waals surface area contributed by atoms with Crippen LogP contribution in [0.25, 0.3) is 0 Å². The topological polar surface area (TPSA) is 135 Å². The minimum absolute atomic E-state index is 0.0229. The van der Waals surface area contributed by atoms with E-state index in [1.165, 1.54) is 0 Å². The molecule has 4 amide bonds. The average Bonchev–Trinajstić information content (AvgIpc) is 3.41. The highest BCUT2D eigenvalue weighted by Crippen LogP contribution is 2.37. The Bertz CT molecular complexity index is 839. The van der Waals surface area contributed by atoms with E-state index in [0.29, 0.717) is 65.2 Å². The molecule has 38 heavy (non-hydrogen) atoms. The first kappa shape index (κ1) is 30.3. The summed E-state index contributed by atoms with van der Waals surface area (Å²) in [5.74, 6) is -2.93. The van der Waals surface area contributed by atoms with Crippen molar-refractivity contribution in [2.45, 2.75) is 96.4 Å². The normalized spacial score (nSPS) is 21.8. The second-order valence-electron chi connectivity index (χ2n) is 11.6. The number of hydrogen-bond acceptors (Lipinski definition) is 7. The van der Waals surface area contributed by atoms with E-state index in [1.807, 2.05) is 27.7 Å². The molecule has 0 aromatic carbocycles. The number of carbonyl (C=O) groups excluding carboxylic acids is 4. The number of amides is 4. The second-order valence-corrected chi connectivity index (χ2v) is 11.6. The van der Waals surface area contributed by atoms with Crippen LogP contribution >= 0.6 is 0 Å². The van der Waals surface area contributed by atoms with Gasteiger partial charge in [0.2, 0.25) is 11.7 Å². The zero-order chi connectivity index (χ0) is 27.8. The average molecular weight is 539 g/mol. The summed E-state index contributed by atoms with van der Waals surface area (Å²) in [4.78, 5) is 54.6. The summed E-state index contributed by atoms with van der Waals surface area (Å²) in [5.41, 5.74) is -1.54. The van der Waals surface area contributed by atoms with Gasteiger partial charge in [0.15, 0.2) is 5.79 Å². The first-order valence-electron chi connectivity index (χ1n) is 14.1. The van der Waals surface area contributed by atoms with E-state index in [0.717, 1.165) is 25.7 Å². The number of ketones is 1. The van der Waals surface area contributed by atoms with E-state index < -0.39 is 40.4 Å². The van der Waals surface area contributed by atoms with Crippen molar-refractivity contribution >= 4 is 23.6 Å². The molecule has 1 saturated carbocycles. The Labute approximate surface area is 226 Å². The van der Waals surface area contributed by atoms with Crippen molar-refractivity contribution in [1.82, 2.24) is 20.9 Å². The lowest BCUT2D eigenvalue weighted by Crippen LogP contribution is -2.65. The van der Waals surface area contributed by atoms with Gasteiger partial charge in [0.1, 0.15) is 5.54 Å². The summed E-state index contributed by atoms with van der Waals surface area (Å²) < 4.78 is 17.0. The lowest BCUT2D eigenvalue weighted by molar-refractivity contribution is -0.218. The molecule has 3 fully saturated rings. The molecule has 2 heterocycles. The smallest absolute Gasteiger partial charge is 0.318 e. The highest BCUT2D eigenvalue weighted by Gasteiger charge is 2.48. The summed E-state index contributed by atoms with van der Waals surface area (Å²) >= 11 is 0. The fourth-order valence-corrected chi connectivity index (χ4v) is 5.28. The molecular weight excluding hydrogens is 492 g/mol. The number of ether oxygens (including phenoxy) is 3. The minimum Gasteiger partial charge on any atom is -0.378 e. The fourth-order valence-electron chi connectivity index (χ4n) is 5.28. The number of carbonyl (C=O) groups is 4. The number of nitrogens with zero attached hydrogens (tertiary/aromatic N) is 1. The molecule has 3 aliphatic rings. The zero-order valence-electron chi connectivity index (χ0n) is 23.5. The van der Waals surface area contributed by atoms with E-state index in [-0.39, 0.29) is 12.6 Å². The van der Waals surface area contributed by atoms with Gasteiger partial charge in [-0.05, 0) is 19.3 Å². The Morgan fingerprint density at radius 3 is 2.16 bits per heavy atom. The van der Waals surface area contributed by atoms with E-state index in [4.69, 9.17) is 14.2 Å². The molecule has 1 unspecified atom stereocenters. The number of nitrogens with one attached hydrogen (secondary N) is 3. The number of hydrogen-bond donors (Lipinski definition) is 3. The van der Waals surface area contributed by atoms with Crippen LogP contribution in [0.3, 0.4) is 0 Å². The van der Waals surface area contributed by atoms with Crippen LogP contribution in [0.1, 0.15) is 79.1 Å². The Hall–Kier alpha value is -2.24. The third-order valence-corrected chi connectivity index (χ3v) is 7.86. The highest BCUT2D eigenvalue weighted by molar-refractivity contribution is 6.38. The summed E-state index contributed by atoms with van der Waals surface area (Å²) in [6.45, 7) is 10.5. The maximum Gasteiger partial charge on any atom is 0.318 e. The third kappa shape index (κ3) is 7.24. The van der Waals surface area contributed by atoms with Gasteiger partial charge in [-0.1, -0.05) is 59.8 Å². The van der Waals surface area contributed by atoms with Gasteiger partial charge < -0.3 is 35.1 Å². The molecule has 3 N–H and O–H groups in total.